The van der Waals surface area contributed by atoms with E-state index in [1.807, 2.05) is 0 Å². The molecule has 0 bridgehead atoms. The minimum absolute atomic E-state index is 0.0941. The van der Waals surface area contributed by atoms with Crippen LogP contribution in [0.4, 0.5) is 22.8 Å². The molecular weight excluding hydrogens is 489 g/mol. The number of amides is 3. The second kappa shape index (κ2) is 13.9. The Labute approximate surface area is 216 Å². The predicted molar refractivity (Wildman–Crippen MR) is 133 cm³/mol. The van der Waals surface area contributed by atoms with Gasteiger partial charge in [0.2, 0.25) is 5.92 Å². The third-order valence-electron chi connectivity index (χ3n) is 7.26. The van der Waals surface area contributed by atoms with E-state index in [1.54, 1.807) is 24.1 Å². The molecule has 1 saturated carbocycles. The summed E-state index contributed by atoms with van der Waals surface area (Å²) < 4.78 is 47.1. The van der Waals surface area contributed by atoms with Crippen molar-refractivity contribution in [3.8, 4) is 0 Å². The third-order valence-corrected chi connectivity index (χ3v) is 7.26. The number of urea groups is 1. The Morgan fingerprint density at radius 3 is 2.68 bits per heavy atom. The summed E-state index contributed by atoms with van der Waals surface area (Å²) in [6.45, 7) is 1.72. The molecule has 0 aromatic heterocycles. The first-order valence-corrected chi connectivity index (χ1v) is 13.1. The second-order valence-corrected chi connectivity index (χ2v) is 10.2. The number of carboxylic acid groups (broad SMARTS) is 1. The van der Waals surface area contributed by atoms with Crippen LogP contribution < -0.4 is 16.0 Å². The Hall–Kier alpha value is -2.53. The van der Waals surface area contributed by atoms with Crippen LogP contribution in [-0.4, -0.2) is 73.9 Å². The largest absolute Gasteiger partial charge is 0.465 e. The molecule has 1 saturated heterocycles. The van der Waals surface area contributed by atoms with Crippen LogP contribution in [0.25, 0.3) is 0 Å². The Morgan fingerprint density at radius 1 is 1.24 bits per heavy atom. The van der Waals surface area contributed by atoms with Gasteiger partial charge in [0, 0.05) is 51.0 Å². The van der Waals surface area contributed by atoms with Gasteiger partial charge in [-0.1, -0.05) is 12.1 Å². The van der Waals surface area contributed by atoms with Gasteiger partial charge in [-0.25, -0.2) is 22.8 Å². The molecule has 0 spiro atoms. The summed E-state index contributed by atoms with van der Waals surface area (Å²) in [5.74, 6) is -2.92. The van der Waals surface area contributed by atoms with Crippen molar-refractivity contribution in [1.29, 1.82) is 0 Å². The van der Waals surface area contributed by atoms with Crippen LogP contribution in [-0.2, 0) is 4.74 Å². The summed E-state index contributed by atoms with van der Waals surface area (Å²) in [5.41, 5.74) is 0.643. The highest BCUT2D eigenvalue weighted by molar-refractivity contribution is 5.74. The lowest BCUT2D eigenvalue weighted by Crippen LogP contribution is -2.52. The number of benzene rings is 1. The fourth-order valence-corrected chi connectivity index (χ4v) is 5.42. The van der Waals surface area contributed by atoms with Gasteiger partial charge < -0.3 is 30.7 Å². The minimum atomic E-state index is -2.58. The number of piperidine rings is 1. The number of carbonyl (C=O) groups is 2. The van der Waals surface area contributed by atoms with Crippen LogP contribution in [0.3, 0.4) is 0 Å². The highest BCUT2D eigenvalue weighted by Gasteiger charge is 2.36. The van der Waals surface area contributed by atoms with Crippen molar-refractivity contribution in [3.05, 3.63) is 35.6 Å². The van der Waals surface area contributed by atoms with Crippen LogP contribution in [0, 0.1) is 17.7 Å². The maximum absolute atomic E-state index is 14.0. The van der Waals surface area contributed by atoms with E-state index < -0.39 is 23.9 Å². The normalized spacial score (nSPS) is 21.7. The number of nitrogens with zero attached hydrogens (tertiary/aromatic N) is 1. The number of hydrogen-bond acceptors (Lipinski definition) is 4. The Bertz CT molecular complexity index is 881. The zero-order valence-corrected chi connectivity index (χ0v) is 21.4. The van der Waals surface area contributed by atoms with Crippen molar-refractivity contribution in [1.82, 2.24) is 20.9 Å². The van der Waals surface area contributed by atoms with Gasteiger partial charge in [-0.05, 0) is 62.8 Å². The standard InChI is InChI=1S/C26H39F3N4O4/c1-30-16-22(14-18-7-9-26(28,29)10-8-18)32-24(34)33-12-3-5-20(17-33)23(37-13-11-31-25(35)36)19-4-2-6-21(27)15-19/h2,4,6,15,18,20,22-23,30-31H,3,5,7-14,16-17H2,1H3,(H,32,34)(H,35,36). The number of carbonyl (C=O) groups excluding carboxylic acids is 1. The molecule has 0 radical (unpaired) electrons. The lowest BCUT2D eigenvalue weighted by Gasteiger charge is -2.38. The summed E-state index contributed by atoms with van der Waals surface area (Å²) in [6, 6.07) is 5.75. The summed E-state index contributed by atoms with van der Waals surface area (Å²) in [7, 11) is 1.80. The fourth-order valence-electron chi connectivity index (χ4n) is 5.42. The molecule has 1 aliphatic heterocycles. The predicted octanol–water partition coefficient (Wildman–Crippen LogP) is 4.38. The molecule has 4 N–H and O–H groups in total. The zero-order valence-electron chi connectivity index (χ0n) is 21.4. The maximum atomic E-state index is 14.0. The average molecular weight is 529 g/mol. The maximum Gasteiger partial charge on any atom is 0.404 e. The molecule has 2 aliphatic rings. The van der Waals surface area contributed by atoms with E-state index in [0.717, 1.165) is 12.8 Å². The second-order valence-electron chi connectivity index (χ2n) is 10.2. The molecule has 208 valence electrons. The molecular formula is C26H39F3N4O4. The number of nitrogens with one attached hydrogen (secondary N) is 3. The highest BCUT2D eigenvalue weighted by Crippen LogP contribution is 2.38. The first-order valence-electron chi connectivity index (χ1n) is 13.1. The van der Waals surface area contributed by atoms with Crippen molar-refractivity contribution >= 4 is 12.1 Å². The van der Waals surface area contributed by atoms with E-state index in [-0.39, 0.29) is 49.9 Å². The summed E-state index contributed by atoms with van der Waals surface area (Å²) >= 11 is 0. The molecule has 1 aliphatic carbocycles. The van der Waals surface area contributed by atoms with Crippen molar-refractivity contribution in [3.63, 3.8) is 0 Å². The van der Waals surface area contributed by atoms with E-state index in [0.29, 0.717) is 44.5 Å². The SMILES string of the molecule is CNCC(CC1CCC(F)(F)CC1)NC(=O)N1CCCC(C(OCCNC(=O)O)c2cccc(F)c2)C1. The van der Waals surface area contributed by atoms with Crippen LogP contribution in [0.2, 0.25) is 0 Å². The minimum Gasteiger partial charge on any atom is -0.465 e. The number of halogens is 3. The van der Waals surface area contributed by atoms with Gasteiger partial charge in [0.05, 0.1) is 12.7 Å². The lowest BCUT2D eigenvalue weighted by molar-refractivity contribution is -0.0473. The molecule has 1 heterocycles. The van der Waals surface area contributed by atoms with Crippen molar-refractivity contribution < 1.29 is 32.6 Å². The van der Waals surface area contributed by atoms with Crippen molar-refractivity contribution in [2.75, 3.05) is 39.8 Å². The molecule has 8 nitrogen and oxygen atoms in total. The molecule has 1 aromatic rings. The molecule has 11 heteroatoms. The molecule has 3 rings (SSSR count). The number of likely N-dealkylation sites (tertiary alicyclic amines) is 1. The Morgan fingerprint density at radius 2 is 2.00 bits per heavy atom. The van der Waals surface area contributed by atoms with Crippen LogP contribution in [0.5, 0.6) is 0 Å². The van der Waals surface area contributed by atoms with Crippen molar-refractivity contribution in [2.45, 2.75) is 63.0 Å². The van der Waals surface area contributed by atoms with E-state index >= 15 is 0 Å². The summed E-state index contributed by atoms with van der Waals surface area (Å²) in [6.07, 6.45) is 1.22. The first kappa shape index (κ1) is 29.0. The Balaban J connectivity index is 1.61. The fraction of sp³-hybridized carbons (Fsp3) is 0.692. The number of rotatable bonds is 11. The number of hydrogen-bond donors (Lipinski definition) is 4. The van der Waals surface area contributed by atoms with Gasteiger partial charge in [-0.2, -0.15) is 0 Å². The topological polar surface area (TPSA) is 103 Å². The number of ether oxygens (including phenoxy) is 1. The van der Waals surface area contributed by atoms with E-state index in [2.05, 4.69) is 16.0 Å². The average Bonchev–Trinajstić information content (AvgIpc) is 2.85. The van der Waals surface area contributed by atoms with Gasteiger partial charge in [0.25, 0.3) is 0 Å². The molecule has 3 unspecified atom stereocenters. The van der Waals surface area contributed by atoms with Crippen LogP contribution >= 0.6 is 0 Å². The highest BCUT2D eigenvalue weighted by atomic mass is 19.3. The number of alkyl halides is 2. The monoisotopic (exact) mass is 528 g/mol. The smallest absolute Gasteiger partial charge is 0.404 e. The molecule has 2 fully saturated rings. The lowest BCUT2D eigenvalue weighted by atomic mass is 9.83. The molecule has 3 amide bonds. The van der Waals surface area contributed by atoms with E-state index in [1.165, 1.54) is 12.1 Å². The molecule has 37 heavy (non-hydrogen) atoms. The quantitative estimate of drug-likeness (QED) is 0.320. The summed E-state index contributed by atoms with van der Waals surface area (Å²) in [5, 5.41) is 17.2. The van der Waals surface area contributed by atoms with Crippen LogP contribution in [0.15, 0.2) is 24.3 Å². The first-order chi connectivity index (χ1) is 17.7. The zero-order chi connectivity index (χ0) is 26.8. The van der Waals surface area contributed by atoms with E-state index in [9.17, 15) is 22.8 Å². The summed E-state index contributed by atoms with van der Waals surface area (Å²) in [4.78, 5) is 25.7. The van der Waals surface area contributed by atoms with Gasteiger partial charge >= 0.3 is 12.1 Å². The van der Waals surface area contributed by atoms with Gasteiger partial charge in [0.1, 0.15) is 5.82 Å². The molecule has 1 aromatic carbocycles. The Kier molecular flexibility index (Phi) is 10.9. The van der Waals surface area contributed by atoms with Gasteiger partial charge in [-0.15, -0.1) is 0 Å². The van der Waals surface area contributed by atoms with E-state index in [4.69, 9.17) is 9.84 Å². The van der Waals surface area contributed by atoms with Crippen molar-refractivity contribution in [2.24, 2.45) is 11.8 Å². The molecule has 3 atom stereocenters. The van der Waals surface area contributed by atoms with Crippen LogP contribution in [0.1, 0.15) is 56.6 Å². The van der Waals surface area contributed by atoms with Gasteiger partial charge in [-0.3, -0.25) is 0 Å². The van der Waals surface area contributed by atoms with Gasteiger partial charge in [0.15, 0.2) is 0 Å². The third kappa shape index (κ3) is 9.37. The number of likely N-dealkylation sites (N-methyl/N-ethyl adjacent to an activating group) is 1.